The molecule has 2 unspecified atom stereocenters. The van der Waals surface area contributed by atoms with Crippen LogP contribution in [0.25, 0.3) is 11.5 Å². The first-order chi connectivity index (χ1) is 11.5. The molecule has 8 heteroatoms. The predicted molar refractivity (Wildman–Crippen MR) is 86.1 cm³/mol. The highest BCUT2D eigenvalue weighted by atomic mass is 16.6. The van der Waals surface area contributed by atoms with Crippen LogP contribution in [0.15, 0.2) is 28.7 Å². The first-order valence-corrected chi connectivity index (χ1v) is 7.97. The zero-order chi connectivity index (χ0) is 17.1. The third kappa shape index (κ3) is 3.77. The molecular weight excluding hydrogens is 312 g/mol. The van der Waals surface area contributed by atoms with Gasteiger partial charge in [-0.2, -0.15) is 0 Å². The Morgan fingerprint density at radius 3 is 2.71 bits per heavy atom. The standard InChI is InChI=1S/C16H20N4O4/c1-19(9-12-3-2-4-14(12)21)10-15-17-18-16(24-15)11-5-7-13(8-6-11)20(22)23/h5-8,12,14,21H,2-4,9-10H2,1H3. The molecule has 0 amide bonds. The van der Waals surface area contributed by atoms with Crippen molar-refractivity contribution < 1.29 is 14.4 Å². The number of hydrogen-bond acceptors (Lipinski definition) is 7. The maximum absolute atomic E-state index is 10.7. The zero-order valence-corrected chi connectivity index (χ0v) is 13.5. The quantitative estimate of drug-likeness (QED) is 0.638. The van der Waals surface area contributed by atoms with E-state index in [2.05, 4.69) is 15.1 Å². The van der Waals surface area contributed by atoms with Gasteiger partial charge in [-0.25, -0.2) is 0 Å². The maximum Gasteiger partial charge on any atom is 0.269 e. The summed E-state index contributed by atoms with van der Waals surface area (Å²) in [6, 6.07) is 6.00. The first-order valence-electron chi connectivity index (χ1n) is 7.97. The van der Waals surface area contributed by atoms with Crippen molar-refractivity contribution in [1.82, 2.24) is 15.1 Å². The fraction of sp³-hybridized carbons (Fsp3) is 0.500. The van der Waals surface area contributed by atoms with Gasteiger partial charge in [0.15, 0.2) is 0 Å². The Balaban J connectivity index is 1.61. The number of non-ortho nitro benzene ring substituents is 1. The summed E-state index contributed by atoms with van der Waals surface area (Å²) in [7, 11) is 1.96. The van der Waals surface area contributed by atoms with E-state index >= 15 is 0 Å². The van der Waals surface area contributed by atoms with E-state index in [-0.39, 0.29) is 11.8 Å². The summed E-state index contributed by atoms with van der Waals surface area (Å²) in [5.74, 6) is 1.12. The molecule has 3 rings (SSSR count). The van der Waals surface area contributed by atoms with Crippen molar-refractivity contribution in [2.24, 2.45) is 5.92 Å². The van der Waals surface area contributed by atoms with Gasteiger partial charge in [0.05, 0.1) is 17.6 Å². The number of nitrogens with zero attached hydrogens (tertiary/aromatic N) is 4. The van der Waals surface area contributed by atoms with Gasteiger partial charge in [0.2, 0.25) is 11.8 Å². The summed E-state index contributed by atoms with van der Waals surface area (Å²) in [5.41, 5.74) is 0.668. The lowest BCUT2D eigenvalue weighted by molar-refractivity contribution is -0.384. The number of nitro benzene ring substituents is 1. The molecule has 1 aliphatic rings. The first kappa shape index (κ1) is 16.5. The predicted octanol–water partition coefficient (Wildman–Crippen LogP) is 2.24. The number of nitro groups is 1. The maximum atomic E-state index is 10.7. The fourth-order valence-corrected chi connectivity index (χ4v) is 3.09. The molecule has 2 aromatic rings. The third-order valence-electron chi connectivity index (χ3n) is 4.36. The number of aromatic nitrogens is 2. The molecule has 1 fully saturated rings. The van der Waals surface area contributed by atoms with Crippen LogP contribution in [0.5, 0.6) is 0 Å². The van der Waals surface area contributed by atoms with Gasteiger partial charge in [0, 0.05) is 24.2 Å². The minimum atomic E-state index is -0.449. The van der Waals surface area contributed by atoms with Gasteiger partial charge in [-0.15, -0.1) is 10.2 Å². The topological polar surface area (TPSA) is 106 Å². The van der Waals surface area contributed by atoms with Crippen LogP contribution in [-0.2, 0) is 6.54 Å². The number of rotatable bonds is 6. The van der Waals surface area contributed by atoms with Crippen molar-refractivity contribution >= 4 is 5.69 Å². The molecule has 24 heavy (non-hydrogen) atoms. The number of aliphatic hydroxyl groups excluding tert-OH is 1. The van der Waals surface area contributed by atoms with Crippen molar-refractivity contribution in [3.63, 3.8) is 0 Å². The molecule has 2 atom stereocenters. The van der Waals surface area contributed by atoms with Crippen molar-refractivity contribution in [2.45, 2.75) is 31.9 Å². The van der Waals surface area contributed by atoms with Gasteiger partial charge in [-0.3, -0.25) is 15.0 Å². The fourth-order valence-electron chi connectivity index (χ4n) is 3.09. The second-order valence-electron chi connectivity index (χ2n) is 6.26. The summed E-state index contributed by atoms with van der Waals surface area (Å²) in [4.78, 5) is 12.3. The second-order valence-corrected chi connectivity index (χ2v) is 6.26. The van der Waals surface area contributed by atoms with Gasteiger partial charge in [-0.1, -0.05) is 6.42 Å². The van der Waals surface area contributed by atoms with Crippen molar-refractivity contribution in [2.75, 3.05) is 13.6 Å². The van der Waals surface area contributed by atoms with E-state index in [0.29, 0.717) is 29.8 Å². The molecule has 0 aliphatic heterocycles. The monoisotopic (exact) mass is 332 g/mol. The van der Waals surface area contributed by atoms with E-state index < -0.39 is 4.92 Å². The van der Waals surface area contributed by atoms with Crippen LogP contribution in [0.4, 0.5) is 5.69 Å². The highest BCUT2D eigenvalue weighted by Crippen LogP contribution is 2.26. The molecule has 1 N–H and O–H groups in total. The summed E-state index contributed by atoms with van der Waals surface area (Å²) in [5, 5.41) is 28.6. The molecule has 1 aromatic carbocycles. The summed E-state index contributed by atoms with van der Waals surface area (Å²) in [6.07, 6.45) is 2.78. The minimum Gasteiger partial charge on any atom is -0.419 e. The van der Waals surface area contributed by atoms with Gasteiger partial charge in [0.1, 0.15) is 0 Å². The van der Waals surface area contributed by atoms with E-state index in [1.165, 1.54) is 12.1 Å². The van der Waals surface area contributed by atoms with Gasteiger partial charge >= 0.3 is 0 Å². The molecule has 0 radical (unpaired) electrons. The molecule has 0 bridgehead atoms. The highest BCUT2D eigenvalue weighted by Gasteiger charge is 2.26. The SMILES string of the molecule is CN(Cc1nnc(-c2ccc([N+](=O)[O-])cc2)o1)CC1CCCC1O. The van der Waals surface area contributed by atoms with Crippen LogP contribution in [0.1, 0.15) is 25.2 Å². The molecule has 1 saturated carbocycles. The molecule has 1 aromatic heterocycles. The van der Waals surface area contributed by atoms with Crippen LogP contribution >= 0.6 is 0 Å². The Bertz CT molecular complexity index is 700. The van der Waals surface area contributed by atoms with E-state index in [4.69, 9.17) is 4.42 Å². The van der Waals surface area contributed by atoms with Gasteiger partial charge in [-0.05, 0) is 37.9 Å². The average Bonchev–Trinajstić information content (AvgIpc) is 3.17. The van der Waals surface area contributed by atoms with Crippen LogP contribution in [-0.4, -0.2) is 44.8 Å². The smallest absolute Gasteiger partial charge is 0.269 e. The van der Waals surface area contributed by atoms with E-state index in [0.717, 1.165) is 25.8 Å². The number of aliphatic hydroxyl groups is 1. The van der Waals surface area contributed by atoms with Crippen LogP contribution < -0.4 is 0 Å². The lowest BCUT2D eigenvalue weighted by Gasteiger charge is -2.21. The van der Waals surface area contributed by atoms with Crippen LogP contribution in [0.3, 0.4) is 0 Å². The van der Waals surface area contributed by atoms with Gasteiger partial charge < -0.3 is 9.52 Å². The molecule has 0 spiro atoms. The van der Waals surface area contributed by atoms with Crippen LogP contribution in [0.2, 0.25) is 0 Å². The Hall–Kier alpha value is -2.32. The van der Waals surface area contributed by atoms with E-state index in [1.54, 1.807) is 12.1 Å². The molecular formula is C16H20N4O4. The van der Waals surface area contributed by atoms with Crippen molar-refractivity contribution in [3.05, 3.63) is 40.3 Å². The lowest BCUT2D eigenvalue weighted by Crippen LogP contribution is -2.29. The lowest BCUT2D eigenvalue weighted by atomic mass is 10.1. The third-order valence-corrected chi connectivity index (χ3v) is 4.36. The Morgan fingerprint density at radius 1 is 1.33 bits per heavy atom. The normalized spacial score (nSPS) is 20.6. The van der Waals surface area contributed by atoms with Crippen molar-refractivity contribution in [1.29, 1.82) is 0 Å². The summed E-state index contributed by atoms with van der Waals surface area (Å²) in [6.45, 7) is 1.29. The molecule has 8 nitrogen and oxygen atoms in total. The zero-order valence-electron chi connectivity index (χ0n) is 13.5. The Labute approximate surface area is 139 Å². The molecule has 128 valence electrons. The Kier molecular flexibility index (Phi) is 4.86. The minimum absolute atomic E-state index is 0.0216. The van der Waals surface area contributed by atoms with Crippen LogP contribution in [0, 0.1) is 16.0 Å². The molecule has 1 heterocycles. The number of hydrogen-bond donors (Lipinski definition) is 1. The largest absolute Gasteiger partial charge is 0.419 e. The number of benzene rings is 1. The highest BCUT2D eigenvalue weighted by molar-refractivity contribution is 5.55. The molecule has 0 saturated heterocycles. The summed E-state index contributed by atoms with van der Waals surface area (Å²) >= 11 is 0. The van der Waals surface area contributed by atoms with E-state index in [1.807, 2.05) is 7.05 Å². The van der Waals surface area contributed by atoms with E-state index in [9.17, 15) is 15.2 Å². The summed E-state index contributed by atoms with van der Waals surface area (Å²) < 4.78 is 5.64. The van der Waals surface area contributed by atoms with Crippen molar-refractivity contribution in [3.8, 4) is 11.5 Å². The average molecular weight is 332 g/mol. The second kappa shape index (κ2) is 7.06. The Morgan fingerprint density at radius 2 is 2.08 bits per heavy atom. The van der Waals surface area contributed by atoms with Gasteiger partial charge in [0.25, 0.3) is 5.69 Å². The molecule has 1 aliphatic carbocycles.